The topological polar surface area (TPSA) is 86.1 Å². The van der Waals surface area contributed by atoms with Crippen molar-refractivity contribution in [3.8, 4) is 0 Å². The first-order valence-corrected chi connectivity index (χ1v) is 8.50. The van der Waals surface area contributed by atoms with Gasteiger partial charge in [0.1, 0.15) is 5.03 Å². The van der Waals surface area contributed by atoms with Crippen LogP contribution in [0, 0.1) is 13.8 Å². The van der Waals surface area contributed by atoms with Crippen LogP contribution < -0.4 is 5.32 Å². The molecule has 0 radical (unpaired) electrons. The van der Waals surface area contributed by atoms with Gasteiger partial charge in [0.15, 0.2) is 6.10 Å². The van der Waals surface area contributed by atoms with Crippen molar-refractivity contribution in [1.29, 1.82) is 0 Å². The highest BCUT2D eigenvalue weighted by atomic mass is 32.2. The van der Waals surface area contributed by atoms with E-state index < -0.39 is 23.7 Å². The molecular formula is C16H18F2N4O3S. The number of nitrogens with zero attached hydrogens (tertiary/aromatic N) is 3. The minimum atomic E-state index is -2.73. The van der Waals surface area contributed by atoms with Crippen LogP contribution in [-0.4, -0.2) is 38.5 Å². The number of halogens is 2. The molecule has 0 spiro atoms. The number of hydrogen-bond donors (Lipinski definition) is 1. The van der Waals surface area contributed by atoms with Crippen molar-refractivity contribution in [2.45, 2.75) is 37.7 Å². The number of thioether (sulfide) groups is 1. The van der Waals surface area contributed by atoms with Crippen LogP contribution in [0.5, 0.6) is 0 Å². The summed E-state index contributed by atoms with van der Waals surface area (Å²) in [4.78, 5) is 28.3. The molecule has 0 aliphatic rings. The molecule has 2 rings (SSSR count). The zero-order valence-electron chi connectivity index (χ0n) is 14.6. The lowest BCUT2D eigenvalue weighted by atomic mass is 10.2. The molecule has 0 bridgehead atoms. The van der Waals surface area contributed by atoms with E-state index in [9.17, 15) is 18.4 Å². The van der Waals surface area contributed by atoms with Crippen LogP contribution in [0.3, 0.4) is 0 Å². The lowest BCUT2D eigenvalue weighted by Crippen LogP contribution is -2.30. The molecule has 1 atom stereocenters. The minimum Gasteiger partial charge on any atom is -0.449 e. The third-order valence-corrected chi connectivity index (χ3v) is 4.33. The highest BCUT2D eigenvalue weighted by Gasteiger charge is 2.24. The number of ether oxygens (including phenoxy) is 1. The zero-order chi connectivity index (χ0) is 19.4. The van der Waals surface area contributed by atoms with Crippen molar-refractivity contribution >= 4 is 29.3 Å². The van der Waals surface area contributed by atoms with Gasteiger partial charge in [-0.2, -0.15) is 13.9 Å². The van der Waals surface area contributed by atoms with Crippen LogP contribution in [0.4, 0.5) is 14.5 Å². The number of aromatic nitrogens is 3. The Hall–Kier alpha value is -2.49. The van der Waals surface area contributed by atoms with Crippen molar-refractivity contribution < 1.29 is 23.1 Å². The highest BCUT2D eigenvalue weighted by Crippen LogP contribution is 2.27. The SMILES string of the molecule is Cc1nn(C)c(C)c1NC(=O)[C@@H](C)OC(=O)c1cccnc1SC(F)F. The van der Waals surface area contributed by atoms with Gasteiger partial charge in [-0.1, -0.05) is 0 Å². The second-order valence-corrected chi connectivity index (χ2v) is 6.42. The van der Waals surface area contributed by atoms with Gasteiger partial charge < -0.3 is 10.1 Å². The Balaban J connectivity index is 2.08. The normalized spacial score (nSPS) is 12.1. The van der Waals surface area contributed by atoms with Gasteiger partial charge in [-0.15, -0.1) is 0 Å². The van der Waals surface area contributed by atoms with E-state index in [1.165, 1.54) is 25.3 Å². The van der Waals surface area contributed by atoms with Crippen LogP contribution in [-0.2, 0) is 16.6 Å². The molecule has 0 aliphatic heterocycles. The minimum absolute atomic E-state index is 0.119. The fraction of sp³-hybridized carbons (Fsp3) is 0.375. The van der Waals surface area contributed by atoms with Crippen molar-refractivity contribution in [3.05, 3.63) is 35.3 Å². The molecule has 0 aliphatic carbocycles. The number of hydrogen-bond acceptors (Lipinski definition) is 6. The third-order valence-electron chi connectivity index (χ3n) is 3.60. The number of carbonyl (C=O) groups is 2. The molecule has 26 heavy (non-hydrogen) atoms. The molecule has 140 valence electrons. The van der Waals surface area contributed by atoms with Gasteiger partial charge >= 0.3 is 5.97 Å². The molecule has 0 fully saturated rings. The quantitative estimate of drug-likeness (QED) is 0.609. The number of carbonyl (C=O) groups excluding carboxylic acids is 2. The summed E-state index contributed by atoms with van der Waals surface area (Å²) >= 11 is 0.141. The predicted molar refractivity (Wildman–Crippen MR) is 92.3 cm³/mol. The second kappa shape index (κ2) is 8.26. The molecule has 10 heteroatoms. The maximum atomic E-state index is 12.6. The Morgan fingerprint density at radius 3 is 2.62 bits per heavy atom. The Morgan fingerprint density at radius 1 is 1.35 bits per heavy atom. The number of aryl methyl sites for hydroxylation is 2. The summed E-state index contributed by atoms with van der Waals surface area (Å²) in [6.45, 7) is 4.92. The number of pyridine rings is 1. The standard InChI is InChI=1S/C16H18F2N4O3S/c1-8-12(9(2)22(4)21-8)20-13(23)10(3)25-15(24)11-6-5-7-19-14(11)26-16(17)18/h5-7,10,16H,1-4H3,(H,20,23)/t10-/m1/s1. The maximum Gasteiger partial charge on any atom is 0.341 e. The van der Waals surface area contributed by atoms with Crippen LogP contribution >= 0.6 is 11.8 Å². The van der Waals surface area contributed by atoms with Crippen LogP contribution in [0.15, 0.2) is 23.4 Å². The van der Waals surface area contributed by atoms with Gasteiger partial charge in [-0.25, -0.2) is 9.78 Å². The Labute approximate surface area is 153 Å². The highest BCUT2D eigenvalue weighted by molar-refractivity contribution is 7.99. The van der Waals surface area contributed by atoms with Gasteiger partial charge in [0.05, 0.1) is 22.6 Å². The predicted octanol–water partition coefficient (Wildman–Crippen LogP) is 2.93. The molecule has 0 saturated heterocycles. The molecule has 1 amide bonds. The first kappa shape index (κ1) is 19.8. The molecule has 2 heterocycles. The van der Waals surface area contributed by atoms with E-state index in [2.05, 4.69) is 15.4 Å². The van der Waals surface area contributed by atoms with Crippen LogP contribution in [0.25, 0.3) is 0 Å². The molecule has 2 aromatic heterocycles. The number of esters is 1. The van der Waals surface area contributed by atoms with Crippen LogP contribution in [0.2, 0.25) is 0 Å². The number of amides is 1. The lowest BCUT2D eigenvalue weighted by molar-refractivity contribution is -0.123. The first-order valence-electron chi connectivity index (χ1n) is 7.62. The fourth-order valence-electron chi connectivity index (χ4n) is 2.18. The fourth-order valence-corrected chi connectivity index (χ4v) is 2.75. The maximum absolute atomic E-state index is 12.6. The Kier molecular flexibility index (Phi) is 6.30. The summed E-state index contributed by atoms with van der Waals surface area (Å²) in [6, 6.07) is 2.75. The molecule has 1 N–H and O–H groups in total. The van der Waals surface area contributed by atoms with E-state index in [0.29, 0.717) is 11.4 Å². The van der Waals surface area contributed by atoms with Crippen molar-refractivity contribution in [2.75, 3.05) is 5.32 Å². The number of anilines is 1. The molecule has 2 aromatic rings. The Morgan fingerprint density at radius 2 is 2.04 bits per heavy atom. The summed E-state index contributed by atoms with van der Waals surface area (Å²) < 4.78 is 31.9. The zero-order valence-corrected chi connectivity index (χ0v) is 15.4. The van der Waals surface area contributed by atoms with E-state index in [0.717, 1.165) is 5.69 Å². The van der Waals surface area contributed by atoms with E-state index in [1.807, 2.05) is 0 Å². The largest absolute Gasteiger partial charge is 0.449 e. The third kappa shape index (κ3) is 4.57. The van der Waals surface area contributed by atoms with E-state index >= 15 is 0 Å². The average Bonchev–Trinajstić information content (AvgIpc) is 2.80. The monoisotopic (exact) mass is 384 g/mol. The van der Waals surface area contributed by atoms with Crippen molar-refractivity contribution in [3.63, 3.8) is 0 Å². The van der Waals surface area contributed by atoms with Gasteiger partial charge in [0.2, 0.25) is 0 Å². The van der Waals surface area contributed by atoms with Crippen molar-refractivity contribution in [1.82, 2.24) is 14.8 Å². The smallest absolute Gasteiger partial charge is 0.341 e. The molecule has 7 nitrogen and oxygen atoms in total. The molecule has 0 aromatic carbocycles. The summed E-state index contributed by atoms with van der Waals surface area (Å²) in [5.74, 6) is -4.18. The van der Waals surface area contributed by atoms with Gasteiger partial charge in [-0.05, 0) is 44.7 Å². The van der Waals surface area contributed by atoms with E-state index in [1.54, 1.807) is 25.6 Å². The first-order chi connectivity index (χ1) is 12.2. The van der Waals surface area contributed by atoms with E-state index in [-0.39, 0.29) is 22.4 Å². The molecule has 0 saturated carbocycles. The van der Waals surface area contributed by atoms with Gasteiger partial charge in [0, 0.05) is 13.2 Å². The number of rotatable bonds is 6. The summed E-state index contributed by atoms with van der Waals surface area (Å²) in [5.41, 5.74) is 1.79. The Bertz CT molecular complexity index is 826. The summed E-state index contributed by atoms with van der Waals surface area (Å²) in [7, 11) is 1.74. The number of alkyl halides is 2. The molecular weight excluding hydrogens is 366 g/mol. The molecule has 0 unspecified atom stereocenters. The average molecular weight is 384 g/mol. The van der Waals surface area contributed by atoms with Gasteiger partial charge in [-0.3, -0.25) is 9.48 Å². The second-order valence-electron chi connectivity index (χ2n) is 5.44. The number of nitrogens with one attached hydrogen (secondary N) is 1. The van der Waals surface area contributed by atoms with Crippen molar-refractivity contribution in [2.24, 2.45) is 7.05 Å². The lowest BCUT2D eigenvalue weighted by Gasteiger charge is -2.14. The van der Waals surface area contributed by atoms with Gasteiger partial charge in [0.25, 0.3) is 11.7 Å². The van der Waals surface area contributed by atoms with E-state index in [4.69, 9.17) is 4.74 Å². The van der Waals surface area contributed by atoms with Crippen LogP contribution in [0.1, 0.15) is 28.7 Å². The summed E-state index contributed by atoms with van der Waals surface area (Å²) in [6.07, 6.45) is 0.164. The summed E-state index contributed by atoms with van der Waals surface area (Å²) in [5, 5.41) is 6.69.